The molecular formula is C41H62N6O16S. The predicted octanol–water partition coefficient (Wildman–Crippen LogP) is -1.07. The van der Waals surface area contributed by atoms with E-state index in [2.05, 4.69) is 4.98 Å². The van der Waals surface area contributed by atoms with E-state index in [0.29, 0.717) is 12.8 Å². The van der Waals surface area contributed by atoms with Crippen LogP contribution in [-0.2, 0) is 25.6 Å². The summed E-state index contributed by atoms with van der Waals surface area (Å²) in [6.07, 6.45) is -0.374. The van der Waals surface area contributed by atoms with Crippen LogP contribution in [0.25, 0.3) is 10.9 Å². The van der Waals surface area contributed by atoms with E-state index < -0.39 is 65.9 Å². The minimum atomic E-state index is -1.89. The summed E-state index contributed by atoms with van der Waals surface area (Å²) in [7, 11) is 0. The number of thioether (sulfide) groups is 1. The number of carboxylic acid groups (broad SMARTS) is 2. The van der Waals surface area contributed by atoms with Gasteiger partial charge in [0.1, 0.15) is 41.6 Å². The first-order valence-electron chi connectivity index (χ1n) is 18.6. The summed E-state index contributed by atoms with van der Waals surface area (Å²) in [5.74, 6) is -5.74. The zero-order chi connectivity index (χ0) is 46.9. The van der Waals surface area contributed by atoms with E-state index in [1.165, 1.54) is 49.0 Å². The number of H-pyrrole nitrogens is 1. The number of ketones is 3. The Morgan fingerprint density at radius 1 is 0.719 bits per heavy atom. The Balaban J connectivity index is -0.000000815. The number of fused-ring (bicyclic) bond motifs is 1. The molecule has 358 valence electrons. The lowest BCUT2D eigenvalue weighted by atomic mass is 9.85. The minimum Gasteiger partial charge on any atom is -0.508 e. The van der Waals surface area contributed by atoms with Crippen molar-refractivity contribution in [1.29, 1.82) is 0 Å². The van der Waals surface area contributed by atoms with Crippen LogP contribution in [0, 0.1) is 11.8 Å². The summed E-state index contributed by atoms with van der Waals surface area (Å²) in [5.41, 5.74) is 29.2. The number of rotatable bonds is 15. The number of aromatic amines is 1. The van der Waals surface area contributed by atoms with Crippen LogP contribution in [0.4, 0.5) is 11.4 Å². The van der Waals surface area contributed by atoms with E-state index in [0.717, 1.165) is 22.5 Å². The average Bonchev–Trinajstić information content (AvgIpc) is 3.63. The molecule has 64 heavy (non-hydrogen) atoms. The molecular weight excluding hydrogens is 865 g/mol. The molecule has 7 atom stereocenters. The Morgan fingerprint density at radius 2 is 1.19 bits per heavy atom. The maximum atomic E-state index is 12.3. The smallest absolute Gasteiger partial charge is 0.323 e. The number of benzene rings is 3. The van der Waals surface area contributed by atoms with Crippen molar-refractivity contribution in [1.82, 2.24) is 4.98 Å². The number of carbonyl (C=O) groups excluding carboxylic acids is 4. The lowest BCUT2D eigenvalue weighted by molar-refractivity contribution is -0.140. The molecule has 0 amide bonds. The van der Waals surface area contributed by atoms with Crippen molar-refractivity contribution in [3.63, 3.8) is 0 Å². The molecule has 1 heterocycles. The number of aliphatic carboxylic acids is 2. The summed E-state index contributed by atoms with van der Waals surface area (Å²) >= 11 is 1.29. The van der Waals surface area contributed by atoms with Crippen LogP contribution >= 0.6 is 11.8 Å². The first-order chi connectivity index (χ1) is 28.4. The molecule has 0 radical (unpaired) electrons. The zero-order valence-electron chi connectivity index (χ0n) is 35.8. The second-order valence-electron chi connectivity index (χ2n) is 13.9. The average molecular weight is 927 g/mol. The quantitative estimate of drug-likeness (QED) is 0.0499. The van der Waals surface area contributed by atoms with Crippen LogP contribution < -0.4 is 28.7 Å². The lowest BCUT2D eigenvalue weighted by Crippen LogP contribution is -2.52. The van der Waals surface area contributed by atoms with Gasteiger partial charge in [0, 0.05) is 76.4 Å². The number of aliphatic hydroxyl groups excluding tert-OH is 3. The molecule has 22 nitrogen and oxygen atoms in total. The molecule has 0 saturated heterocycles. The van der Waals surface area contributed by atoms with Crippen molar-refractivity contribution < 1.29 is 80.9 Å². The van der Waals surface area contributed by atoms with Gasteiger partial charge in [-0.1, -0.05) is 57.7 Å². The van der Waals surface area contributed by atoms with Gasteiger partial charge in [0.15, 0.2) is 16.7 Å². The first kappa shape index (κ1) is 62.3. The Bertz CT molecular complexity index is 2130. The Kier molecular flexibility index (Phi) is 28.6. The largest absolute Gasteiger partial charge is 0.508 e. The van der Waals surface area contributed by atoms with Crippen molar-refractivity contribution >= 4 is 68.4 Å². The normalized spacial score (nSPS) is 13.5. The molecule has 24 N–H and O–H groups in total. The van der Waals surface area contributed by atoms with Crippen LogP contribution in [-0.4, -0.2) is 134 Å². The van der Waals surface area contributed by atoms with Gasteiger partial charge in [0.25, 0.3) is 0 Å². The van der Waals surface area contributed by atoms with Gasteiger partial charge < -0.3 is 85.8 Å². The van der Waals surface area contributed by atoms with E-state index in [9.17, 15) is 49.2 Å². The SMILES string of the molecule is CC(C)C(=O)C(C)C(O)C(N)C(O)C(=O)c1ccc(O)cc1N.CCC(=O)SC.NC(Cc1c[nH]c2ccccc12)C(=O)O.Nc1cc(O)ccc1C(=O)C(O)C(N)C(=O)O.O.O.O. The molecule has 0 aliphatic rings. The number of carbonyl (C=O) groups is 6. The molecule has 0 aliphatic heterocycles. The topological polar surface area (TPSA) is 484 Å². The fourth-order valence-electron chi connectivity index (χ4n) is 5.32. The molecule has 4 rings (SSSR count). The van der Waals surface area contributed by atoms with Gasteiger partial charge in [-0.25, -0.2) is 0 Å². The van der Waals surface area contributed by atoms with Crippen LogP contribution in [0.3, 0.4) is 0 Å². The van der Waals surface area contributed by atoms with E-state index >= 15 is 0 Å². The molecule has 0 aliphatic carbocycles. The Hall–Kier alpha value is -5.99. The Morgan fingerprint density at radius 3 is 1.58 bits per heavy atom. The van der Waals surface area contributed by atoms with Crippen molar-refractivity contribution in [2.75, 3.05) is 17.7 Å². The number of nitrogens with one attached hydrogen (secondary N) is 1. The summed E-state index contributed by atoms with van der Waals surface area (Å²) in [6.45, 7) is 6.74. The summed E-state index contributed by atoms with van der Waals surface area (Å²) in [5, 5.41) is 66.6. The van der Waals surface area contributed by atoms with Crippen molar-refractivity contribution in [2.24, 2.45) is 29.0 Å². The second-order valence-corrected chi connectivity index (χ2v) is 14.7. The molecule has 0 fully saturated rings. The molecule has 4 aromatic rings. The highest BCUT2D eigenvalue weighted by molar-refractivity contribution is 8.13. The van der Waals surface area contributed by atoms with Crippen molar-refractivity contribution in [2.45, 2.75) is 77.0 Å². The maximum Gasteiger partial charge on any atom is 0.323 e. The highest BCUT2D eigenvalue weighted by Crippen LogP contribution is 2.23. The number of nitrogen functional groups attached to an aromatic ring is 2. The van der Waals surface area contributed by atoms with Crippen molar-refractivity contribution in [3.05, 3.63) is 83.6 Å². The van der Waals surface area contributed by atoms with E-state index in [-0.39, 0.29) is 67.2 Å². The molecule has 0 spiro atoms. The molecule has 0 bridgehead atoms. The summed E-state index contributed by atoms with van der Waals surface area (Å²) < 4.78 is 0. The monoisotopic (exact) mass is 926 g/mol. The summed E-state index contributed by atoms with van der Waals surface area (Å²) in [6, 6.07) is 11.0. The van der Waals surface area contributed by atoms with Gasteiger partial charge in [-0.05, 0) is 42.2 Å². The van der Waals surface area contributed by atoms with Crippen LogP contribution in [0.2, 0.25) is 0 Å². The third-order valence-electron chi connectivity index (χ3n) is 9.00. The fourth-order valence-corrected chi connectivity index (χ4v) is 5.61. The van der Waals surface area contributed by atoms with Gasteiger partial charge in [0.05, 0.1) is 12.1 Å². The third-order valence-corrected chi connectivity index (χ3v) is 9.75. The number of phenols is 2. The van der Waals surface area contributed by atoms with Gasteiger partial charge in [-0.15, -0.1) is 0 Å². The number of carboxylic acids is 2. The number of Topliss-reactive ketones (excluding diaryl/α,β-unsaturated/α-hetero) is 3. The number of hydrogen-bond acceptors (Lipinski definition) is 17. The number of aliphatic hydroxyl groups is 3. The molecule has 7 unspecified atom stereocenters. The fraction of sp³-hybridized carbons (Fsp3) is 0.366. The lowest BCUT2D eigenvalue weighted by Gasteiger charge is -2.28. The predicted molar refractivity (Wildman–Crippen MR) is 242 cm³/mol. The highest BCUT2D eigenvalue weighted by atomic mass is 32.2. The molecule has 1 aromatic heterocycles. The number of phenolic OH excluding ortho intramolecular Hbond substituents is 2. The molecule has 0 saturated carbocycles. The standard InChI is InChI=1S/C16H24N2O5.C11H12N2O2.C10H12N2O5.C4H8OS.3H2O/c1-7(2)13(20)8(3)14(21)12(18)16(23)15(22)10-5-4-9(19)6-11(10)17;12-9(11(14)15)5-7-6-13-10-4-2-1-3-8(7)10;11-6-3-4(13)1-2-5(6)8(14)9(15)7(12)10(16)17;1-3-4(5)6-2;;;/h4-8,12,14,16,19,21,23H,17-18H2,1-3H3;1-4,6,9,13H,5,12H2,(H,14,15);1-3,7,9,13,15H,11-12H2,(H,16,17);3H2,1-2H3;3*1H2. The van der Waals surface area contributed by atoms with Crippen LogP contribution in [0.5, 0.6) is 11.5 Å². The number of anilines is 2. The number of hydrogen-bond donors (Lipinski definition) is 13. The second kappa shape index (κ2) is 29.4. The molecule has 3 aromatic carbocycles. The molecule has 23 heteroatoms. The van der Waals surface area contributed by atoms with E-state index in [4.69, 9.17) is 44.0 Å². The number of nitrogens with two attached hydrogens (primary N) is 5. The number of aromatic nitrogens is 1. The van der Waals surface area contributed by atoms with E-state index in [1.807, 2.05) is 37.4 Å². The Labute approximate surface area is 372 Å². The summed E-state index contributed by atoms with van der Waals surface area (Å²) in [4.78, 5) is 70.2. The number of para-hydroxylation sites is 1. The minimum absolute atomic E-state index is 0. The number of aromatic hydroxyl groups is 2. The van der Waals surface area contributed by atoms with Crippen LogP contribution in [0.15, 0.2) is 66.9 Å². The third kappa shape index (κ3) is 18.4. The van der Waals surface area contributed by atoms with Gasteiger partial charge in [-0.2, -0.15) is 0 Å². The van der Waals surface area contributed by atoms with Crippen molar-refractivity contribution in [3.8, 4) is 11.5 Å². The highest BCUT2D eigenvalue weighted by Gasteiger charge is 2.36. The van der Waals surface area contributed by atoms with Crippen LogP contribution in [0.1, 0.15) is 60.4 Å². The van der Waals surface area contributed by atoms with Gasteiger partial charge >= 0.3 is 11.9 Å². The van der Waals surface area contributed by atoms with Gasteiger partial charge in [0.2, 0.25) is 0 Å². The zero-order valence-corrected chi connectivity index (χ0v) is 36.6. The van der Waals surface area contributed by atoms with E-state index in [1.54, 1.807) is 20.1 Å². The maximum absolute atomic E-state index is 12.3. The first-order valence-corrected chi connectivity index (χ1v) is 19.8. The van der Waals surface area contributed by atoms with Gasteiger partial charge in [-0.3, -0.25) is 28.8 Å².